The first-order chi connectivity index (χ1) is 15.3. The van der Waals surface area contributed by atoms with Crippen molar-refractivity contribution in [1.82, 2.24) is 15.0 Å². The van der Waals surface area contributed by atoms with E-state index in [0.717, 1.165) is 6.26 Å². The minimum Gasteiger partial charge on any atom is -0.480 e. The summed E-state index contributed by atoms with van der Waals surface area (Å²) in [5.41, 5.74) is 7.93. The number of sulfonamides is 1. The second kappa shape index (κ2) is 8.81. The Hall–Kier alpha value is -3.09. The first kappa shape index (κ1) is 22.1. The highest BCUT2D eigenvalue weighted by Crippen LogP contribution is 2.34. The molecule has 2 aromatic heterocycles. The molecule has 0 atom stereocenters. The average Bonchev–Trinajstić information content (AvgIpc) is 2.77. The molecule has 0 amide bonds. The zero-order valence-corrected chi connectivity index (χ0v) is 18.4. The zero-order chi connectivity index (χ0) is 22.9. The number of pyridine rings is 1. The van der Waals surface area contributed by atoms with Crippen LogP contribution in [0.4, 0.5) is 16.0 Å². The Bertz CT molecular complexity index is 1260. The molecule has 32 heavy (non-hydrogen) atoms. The second-order valence-corrected chi connectivity index (χ2v) is 9.04. The number of nitrogens with one attached hydrogen (secondary N) is 1. The van der Waals surface area contributed by atoms with Crippen LogP contribution < -0.4 is 20.1 Å². The maximum atomic E-state index is 14.4. The van der Waals surface area contributed by atoms with Gasteiger partial charge in [0.2, 0.25) is 21.9 Å². The Morgan fingerprint density at radius 2 is 2.00 bits per heavy atom. The molecule has 3 N–H and O–H groups in total. The first-order valence-electron chi connectivity index (χ1n) is 9.84. The van der Waals surface area contributed by atoms with E-state index < -0.39 is 15.8 Å². The van der Waals surface area contributed by atoms with Crippen LogP contribution >= 0.6 is 0 Å². The number of nitrogens with two attached hydrogens (primary N) is 1. The molecule has 170 valence electrons. The van der Waals surface area contributed by atoms with Crippen LogP contribution in [0.1, 0.15) is 5.56 Å². The number of anilines is 2. The largest absolute Gasteiger partial charge is 0.480 e. The van der Waals surface area contributed by atoms with Gasteiger partial charge in [-0.25, -0.2) is 27.8 Å². The lowest BCUT2D eigenvalue weighted by Gasteiger charge is -2.27. The Labute approximate surface area is 184 Å². The summed E-state index contributed by atoms with van der Waals surface area (Å²) in [6.45, 7) is 2.37. The van der Waals surface area contributed by atoms with Gasteiger partial charge in [0, 0.05) is 36.8 Å². The fraction of sp³-hybridized carbons (Fsp3) is 0.350. The van der Waals surface area contributed by atoms with Crippen LogP contribution in [0.15, 0.2) is 24.4 Å². The van der Waals surface area contributed by atoms with Gasteiger partial charge in [-0.05, 0) is 23.8 Å². The van der Waals surface area contributed by atoms with E-state index in [2.05, 4.69) is 14.7 Å². The molecule has 1 aliphatic rings. The van der Waals surface area contributed by atoms with Crippen LogP contribution in [0.3, 0.4) is 0 Å². The van der Waals surface area contributed by atoms with E-state index in [1.165, 1.54) is 25.4 Å². The Morgan fingerprint density at radius 1 is 1.25 bits per heavy atom. The number of rotatable bonds is 6. The zero-order valence-electron chi connectivity index (χ0n) is 17.6. The topological polar surface area (TPSA) is 133 Å². The summed E-state index contributed by atoms with van der Waals surface area (Å²) in [5.74, 6) is 0.0724. The number of hydrogen-bond donors (Lipinski definition) is 2. The summed E-state index contributed by atoms with van der Waals surface area (Å²) in [5, 5.41) is 0.444. The molecule has 1 aromatic carbocycles. The highest BCUT2D eigenvalue weighted by molar-refractivity contribution is 7.92. The van der Waals surface area contributed by atoms with E-state index in [1.807, 2.05) is 4.90 Å². The highest BCUT2D eigenvalue weighted by Gasteiger charge is 2.21. The van der Waals surface area contributed by atoms with Gasteiger partial charge < -0.3 is 20.1 Å². The number of nitrogens with zero attached hydrogens (tertiary/aromatic N) is 4. The number of morpholine rings is 1. The van der Waals surface area contributed by atoms with Crippen LogP contribution in [0.25, 0.3) is 22.2 Å². The smallest absolute Gasteiger partial charge is 0.238 e. The number of halogens is 1. The molecule has 0 unspecified atom stereocenters. The highest BCUT2D eigenvalue weighted by atomic mass is 32.2. The van der Waals surface area contributed by atoms with Crippen molar-refractivity contribution in [3.05, 3.63) is 35.8 Å². The van der Waals surface area contributed by atoms with Gasteiger partial charge in [0.05, 0.1) is 37.8 Å². The van der Waals surface area contributed by atoms with Gasteiger partial charge in [-0.15, -0.1) is 0 Å². The molecule has 4 rings (SSSR count). The number of aromatic nitrogens is 3. The minimum atomic E-state index is -3.60. The monoisotopic (exact) mass is 462 g/mol. The van der Waals surface area contributed by atoms with Crippen LogP contribution in [-0.2, 0) is 21.3 Å². The summed E-state index contributed by atoms with van der Waals surface area (Å²) in [7, 11) is -2.21. The lowest BCUT2D eigenvalue weighted by atomic mass is 10.0. The van der Waals surface area contributed by atoms with E-state index >= 15 is 0 Å². The van der Waals surface area contributed by atoms with E-state index in [4.69, 9.17) is 20.2 Å². The lowest BCUT2D eigenvalue weighted by Crippen LogP contribution is -2.37. The molecule has 1 fully saturated rings. The van der Waals surface area contributed by atoms with E-state index in [0.29, 0.717) is 60.0 Å². The summed E-state index contributed by atoms with van der Waals surface area (Å²) >= 11 is 0. The first-order valence-corrected chi connectivity index (χ1v) is 11.7. The van der Waals surface area contributed by atoms with Crippen molar-refractivity contribution in [2.75, 3.05) is 49.3 Å². The molecule has 0 bridgehead atoms. The summed E-state index contributed by atoms with van der Waals surface area (Å²) in [6, 6.07) is 4.23. The molecule has 0 spiro atoms. The number of ether oxygens (including phenoxy) is 2. The molecular formula is C20H23FN6O4S. The van der Waals surface area contributed by atoms with Crippen molar-refractivity contribution in [2.24, 2.45) is 5.73 Å². The second-order valence-electron chi connectivity index (χ2n) is 7.29. The molecule has 12 heteroatoms. The molecule has 0 radical (unpaired) electrons. The summed E-state index contributed by atoms with van der Waals surface area (Å²) < 4.78 is 51.0. The van der Waals surface area contributed by atoms with Gasteiger partial charge in [0.15, 0.2) is 0 Å². The molecular weight excluding hydrogens is 439 g/mol. The molecule has 1 saturated heterocycles. The van der Waals surface area contributed by atoms with Gasteiger partial charge in [-0.3, -0.25) is 4.72 Å². The van der Waals surface area contributed by atoms with Crippen LogP contribution in [0, 0.1) is 5.82 Å². The van der Waals surface area contributed by atoms with Crippen LogP contribution in [0.2, 0.25) is 0 Å². The Kier molecular flexibility index (Phi) is 6.09. The van der Waals surface area contributed by atoms with Crippen molar-refractivity contribution in [1.29, 1.82) is 0 Å². The number of benzene rings is 1. The van der Waals surface area contributed by atoms with Gasteiger partial charge in [0.25, 0.3) is 0 Å². The predicted octanol–water partition coefficient (Wildman–Crippen LogP) is 1.51. The number of hydrogen-bond acceptors (Lipinski definition) is 9. The average molecular weight is 463 g/mol. The fourth-order valence-electron chi connectivity index (χ4n) is 3.55. The number of fused-ring (bicyclic) bond motifs is 1. The number of methoxy groups -OCH3 is 1. The Morgan fingerprint density at radius 3 is 2.66 bits per heavy atom. The minimum absolute atomic E-state index is 0.0923. The molecule has 1 aliphatic heterocycles. The van der Waals surface area contributed by atoms with Crippen molar-refractivity contribution in [3.63, 3.8) is 0 Å². The van der Waals surface area contributed by atoms with Gasteiger partial charge in [-0.1, -0.05) is 0 Å². The van der Waals surface area contributed by atoms with Crippen molar-refractivity contribution >= 4 is 32.6 Å². The quantitative estimate of drug-likeness (QED) is 0.559. The van der Waals surface area contributed by atoms with Crippen molar-refractivity contribution < 1.29 is 22.3 Å². The molecule has 3 aromatic rings. The summed E-state index contributed by atoms with van der Waals surface area (Å²) in [4.78, 5) is 15.6. The van der Waals surface area contributed by atoms with Crippen molar-refractivity contribution in [2.45, 2.75) is 6.54 Å². The van der Waals surface area contributed by atoms with E-state index in [9.17, 15) is 12.8 Å². The van der Waals surface area contributed by atoms with Crippen LogP contribution in [-0.4, -0.2) is 63.0 Å². The fourth-order valence-corrected chi connectivity index (χ4v) is 4.10. The van der Waals surface area contributed by atoms with Crippen molar-refractivity contribution in [3.8, 4) is 17.1 Å². The van der Waals surface area contributed by atoms with Gasteiger partial charge in [-0.2, -0.15) is 0 Å². The molecule has 0 saturated carbocycles. The standard InChI is InChI=1S/C20H23FN6O4S/c1-30-19-16(26-32(2,28)29)8-13(11-23-19)18-15-9-14(21)7-12(10-22)17(15)24-20(25-18)27-3-5-31-6-4-27/h7-9,11,26H,3-6,10,22H2,1-2H3. The van der Waals surface area contributed by atoms with Gasteiger partial charge in [0.1, 0.15) is 11.5 Å². The SMILES string of the molecule is COc1ncc(-c2nc(N3CCOCC3)nc3c(CN)cc(F)cc23)cc1NS(C)(=O)=O. The summed E-state index contributed by atoms with van der Waals surface area (Å²) in [6.07, 6.45) is 2.52. The Balaban J connectivity index is 1.96. The van der Waals surface area contributed by atoms with Crippen LogP contribution in [0.5, 0.6) is 5.88 Å². The maximum Gasteiger partial charge on any atom is 0.238 e. The van der Waals surface area contributed by atoms with Gasteiger partial charge >= 0.3 is 0 Å². The van der Waals surface area contributed by atoms with E-state index in [-0.39, 0.29) is 18.1 Å². The third-order valence-corrected chi connectivity index (χ3v) is 5.55. The molecule has 10 nitrogen and oxygen atoms in total. The molecule has 0 aliphatic carbocycles. The maximum absolute atomic E-state index is 14.4. The lowest BCUT2D eigenvalue weighted by molar-refractivity contribution is 0.122. The third-order valence-electron chi connectivity index (χ3n) is 4.96. The third kappa shape index (κ3) is 4.56. The normalized spacial score (nSPS) is 14.6. The predicted molar refractivity (Wildman–Crippen MR) is 119 cm³/mol. The van der Waals surface area contributed by atoms with E-state index in [1.54, 1.807) is 6.07 Å². The molecule has 3 heterocycles.